The molecule has 0 atom stereocenters. The van der Waals surface area contributed by atoms with E-state index in [4.69, 9.17) is 4.74 Å². The van der Waals surface area contributed by atoms with Gasteiger partial charge in [-0.1, -0.05) is 0 Å². The van der Waals surface area contributed by atoms with Crippen LogP contribution in [0.15, 0.2) is 24.1 Å². The predicted octanol–water partition coefficient (Wildman–Crippen LogP) is 1.90. The molecule has 2 aliphatic rings. The lowest BCUT2D eigenvalue weighted by molar-refractivity contribution is 0.203. The van der Waals surface area contributed by atoms with E-state index in [2.05, 4.69) is 11.0 Å². The Morgan fingerprint density at radius 3 is 2.67 bits per heavy atom. The molecule has 2 nitrogen and oxygen atoms in total. The highest BCUT2D eigenvalue weighted by Crippen LogP contribution is 2.16. The SMILES string of the molecule is C1=COCC(N2CCCCC2)=C1. The van der Waals surface area contributed by atoms with Crippen LogP contribution in [0, 0.1) is 0 Å². The fourth-order valence-electron chi connectivity index (χ4n) is 1.77. The molecule has 2 heterocycles. The van der Waals surface area contributed by atoms with E-state index >= 15 is 0 Å². The highest BCUT2D eigenvalue weighted by molar-refractivity contribution is 5.14. The zero-order valence-corrected chi connectivity index (χ0v) is 7.33. The van der Waals surface area contributed by atoms with E-state index in [9.17, 15) is 0 Å². The molecule has 66 valence electrons. The molecule has 0 unspecified atom stereocenters. The molecule has 2 aliphatic heterocycles. The average Bonchev–Trinajstić information content (AvgIpc) is 2.21. The Balaban J connectivity index is 1.97. The summed E-state index contributed by atoms with van der Waals surface area (Å²) in [7, 11) is 0. The summed E-state index contributed by atoms with van der Waals surface area (Å²) >= 11 is 0. The highest BCUT2D eigenvalue weighted by Gasteiger charge is 2.13. The maximum absolute atomic E-state index is 5.24. The van der Waals surface area contributed by atoms with Gasteiger partial charge in [-0.15, -0.1) is 0 Å². The molecule has 1 saturated heterocycles. The molecule has 0 aliphatic carbocycles. The summed E-state index contributed by atoms with van der Waals surface area (Å²) in [6, 6.07) is 0. The van der Waals surface area contributed by atoms with Gasteiger partial charge in [0.2, 0.25) is 0 Å². The zero-order valence-electron chi connectivity index (χ0n) is 7.33. The largest absolute Gasteiger partial charge is 0.495 e. The third-order valence-electron chi connectivity index (χ3n) is 2.46. The van der Waals surface area contributed by atoms with Gasteiger partial charge in [-0.25, -0.2) is 0 Å². The van der Waals surface area contributed by atoms with E-state index in [-0.39, 0.29) is 0 Å². The van der Waals surface area contributed by atoms with Crippen molar-refractivity contribution in [1.29, 1.82) is 0 Å². The van der Waals surface area contributed by atoms with Crippen LogP contribution in [0.25, 0.3) is 0 Å². The monoisotopic (exact) mass is 165 g/mol. The second-order valence-electron chi connectivity index (χ2n) is 3.35. The Bertz CT molecular complexity index is 202. The summed E-state index contributed by atoms with van der Waals surface area (Å²) in [5.41, 5.74) is 1.34. The Morgan fingerprint density at radius 1 is 1.17 bits per heavy atom. The van der Waals surface area contributed by atoms with Gasteiger partial charge in [-0.2, -0.15) is 0 Å². The van der Waals surface area contributed by atoms with Crippen LogP contribution in [0.2, 0.25) is 0 Å². The molecule has 0 bridgehead atoms. The number of hydrogen-bond acceptors (Lipinski definition) is 2. The van der Waals surface area contributed by atoms with E-state index < -0.39 is 0 Å². The number of nitrogens with zero attached hydrogens (tertiary/aromatic N) is 1. The van der Waals surface area contributed by atoms with Crippen molar-refractivity contribution in [3.05, 3.63) is 24.1 Å². The van der Waals surface area contributed by atoms with Crippen LogP contribution in [0.5, 0.6) is 0 Å². The third kappa shape index (κ3) is 1.63. The quantitative estimate of drug-likeness (QED) is 0.588. The first-order chi connectivity index (χ1) is 5.97. The summed E-state index contributed by atoms with van der Waals surface area (Å²) in [6.45, 7) is 3.18. The normalized spacial score (nSPS) is 23.3. The molecule has 12 heavy (non-hydrogen) atoms. The first-order valence-corrected chi connectivity index (χ1v) is 4.69. The van der Waals surface area contributed by atoms with E-state index in [1.807, 2.05) is 6.08 Å². The fourth-order valence-corrected chi connectivity index (χ4v) is 1.77. The van der Waals surface area contributed by atoms with Crippen molar-refractivity contribution < 1.29 is 4.74 Å². The summed E-state index contributed by atoms with van der Waals surface area (Å²) in [5.74, 6) is 0. The lowest BCUT2D eigenvalue weighted by Crippen LogP contribution is -2.31. The van der Waals surface area contributed by atoms with Crippen molar-refractivity contribution in [2.75, 3.05) is 19.7 Å². The molecule has 0 aromatic rings. The molecule has 0 radical (unpaired) electrons. The van der Waals surface area contributed by atoms with E-state index in [1.165, 1.54) is 38.0 Å². The molecular weight excluding hydrogens is 150 g/mol. The Hall–Kier alpha value is -0.920. The maximum Gasteiger partial charge on any atom is 0.127 e. The summed E-state index contributed by atoms with van der Waals surface area (Å²) in [5, 5.41) is 0. The van der Waals surface area contributed by atoms with Gasteiger partial charge in [0.25, 0.3) is 0 Å². The van der Waals surface area contributed by atoms with Crippen LogP contribution >= 0.6 is 0 Å². The second kappa shape index (κ2) is 3.65. The molecule has 0 N–H and O–H groups in total. The zero-order chi connectivity index (χ0) is 8.23. The molecule has 0 amide bonds. The van der Waals surface area contributed by atoms with Crippen molar-refractivity contribution in [3.8, 4) is 0 Å². The topological polar surface area (TPSA) is 12.5 Å². The number of piperidine rings is 1. The molecule has 1 fully saturated rings. The number of rotatable bonds is 1. The number of ether oxygens (including phenoxy) is 1. The van der Waals surface area contributed by atoms with Crippen LogP contribution in [0.1, 0.15) is 19.3 Å². The third-order valence-corrected chi connectivity index (χ3v) is 2.46. The van der Waals surface area contributed by atoms with Crippen molar-refractivity contribution in [1.82, 2.24) is 4.90 Å². The first kappa shape index (κ1) is 7.71. The highest BCUT2D eigenvalue weighted by atomic mass is 16.5. The number of allylic oxidation sites excluding steroid dienone is 2. The van der Waals surface area contributed by atoms with Crippen LogP contribution in [-0.4, -0.2) is 24.6 Å². The van der Waals surface area contributed by atoms with Crippen molar-refractivity contribution in [2.45, 2.75) is 19.3 Å². The molecule has 0 saturated carbocycles. The lowest BCUT2D eigenvalue weighted by atomic mass is 10.1. The molecule has 0 aromatic heterocycles. The molecule has 0 aromatic carbocycles. The molecule has 0 spiro atoms. The van der Waals surface area contributed by atoms with Crippen LogP contribution in [0.4, 0.5) is 0 Å². The second-order valence-corrected chi connectivity index (χ2v) is 3.35. The molecule has 2 heteroatoms. The maximum atomic E-state index is 5.24. The van der Waals surface area contributed by atoms with Gasteiger partial charge >= 0.3 is 0 Å². The molecular formula is C10H15NO. The van der Waals surface area contributed by atoms with Gasteiger partial charge in [0, 0.05) is 13.1 Å². The van der Waals surface area contributed by atoms with E-state index in [0.29, 0.717) is 0 Å². The standard InChI is InChI=1S/C10H15NO/c1-2-6-11(7-3-1)10-5-4-8-12-9-10/h4-5,8H,1-3,6-7,9H2. The predicted molar refractivity (Wildman–Crippen MR) is 48.6 cm³/mol. The van der Waals surface area contributed by atoms with Gasteiger partial charge in [-0.05, 0) is 31.4 Å². The minimum absolute atomic E-state index is 0.760. The Kier molecular flexibility index (Phi) is 2.35. The summed E-state index contributed by atoms with van der Waals surface area (Å²) in [6.07, 6.45) is 9.96. The van der Waals surface area contributed by atoms with Gasteiger partial charge in [0.1, 0.15) is 6.61 Å². The minimum Gasteiger partial charge on any atom is -0.495 e. The number of hydrogen-bond donors (Lipinski definition) is 0. The van der Waals surface area contributed by atoms with Gasteiger partial charge in [-0.3, -0.25) is 0 Å². The van der Waals surface area contributed by atoms with E-state index in [1.54, 1.807) is 6.26 Å². The summed E-state index contributed by atoms with van der Waals surface area (Å²) < 4.78 is 5.24. The van der Waals surface area contributed by atoms with Crippen LogP contribution < -0.4 is 0 Å². The van der Waals surface area contributed by atoms with Crippen LogP contribution in [-0.2, 0) is 4.74 Å². The Morgan fingerprint density at radius 2 is 2.00 bits per heavy atom. The van der Waals surface area contributed by atoms with E-state index in [0.717, 1.165) is 6.61 Å². The van der Waals surface area contributed by atoms with Gasteiger partial charge in [0.05, 0.1) is 12.0 Å². The average molecular weight is 165 g/mol. The summed E-state index contributed by atoms with van der Waals surface area (Å²) in [4.78, 5) is 2.44. The molecule has 2 rings (SSSR count). The lowest BCUT2D eigenvalue weighted by Gasteiger charge is -2.31. The van der Waals surface area contributed by atoms with Crippen LogP contribution in [0.3, 0.4) is 0 Å². The van der Waals surface area contributed by atoms with Gasteiger partial charge in [0.15, 0.2) is 0 Å². The fraction of sp³-hybridized carbons (Fsp3) is 0.600. The Labute approximate surface area is 73.5 Å². The van der Waals surface area contributed by atoms with Crippen molar-refractivity contribution in [3.63, 3.8) is 0 Å². The smallest absolute Gasteiger partial charge is 0.127 e. The van der Waals surface area contributed by atoms with Crippen molar-refractivity contribution >= 4 is 0 Å². The van der Waals surface area contributed by atoms with Crippen molar-refractivity contribution in [2.24, 2.45) is 0 Å². The minimum atomic E-state index is 0.760. The van der Waals surface area contributed by atoms with Gasteiger partial charge < -0.3 is 9.64 Å². The number of likely N-dealkylation sites (tertiary alicyclic amines) is 1. The first-order valence-electron chi connectivity index (χ1n) is 4.69.